The first-order valence-electron chi connectivity index (χ1n) is 9.89. The van der Waals surface area contributed by atoms with Crippen LogP contribution >= 0.6 is 23.2 Å². The van der Waals surface area contributed by atoms with Gasteiger partial charge in [0.2, 0.25) is 5.88 Å². The van der Waals surface area contributed by atoms with Gasteiger partial charge in [0.1, 0.15) is 0 Å². The second kappa shape index (κ2) is 9.17. The molecule has 0 aliphatic carbocycles. The minimum Gasteiger partial charge on any atom is -0.478 e. The monoisotopic (exact) mass is 426 g/mol. The molecule has 2 aromatic carbocycles. The summed E-state index contributed by atoms with van der Waals surface area (Å²) in [7, 11) is 0. The zero-order valence-corrected chi connectivity index (χ0v) is 17.7. The number of benzene rings is 2. The van der Waals surface area contributed by atoms with Crippen LogP contribution in [-0.4, -0.2) is 24.7 Å². The number of pyridine rings is 1. The zero-order valence-electron chi connectivity index (χ0n) is 16.2. The van der Waals surface area contributed by atoms with Gasteiger partial charge < -0.3 is 10.1 Å². The van der Waals surface area contributed by atoms with E-state index in [0.717, 1.165) is 31.0 Å². The van der Waals surface area contributed by atoms with E-state index in [1.807, 2.05) is 18.2 Å². The van der Waals surface area contributed by atoms with Crippen LogP contribution in [0.25, 0.3) is 0 Å². The predicted molar refractivity (Wildman–Crippen MR) is 119 cm³/mol. The second-order valence-electron chi connectivity index (χ2n) is 7.67. The van der Waals surface area contributed by atoms with Crippen LogP contribution < -0.4 is 10.1 Å². The summed E-state index contributed by atoms with van der Waals surface area (Å²) in [5, 5.41) is 5.01. The third-order valence-corrected chi connectivity index (χ3v) is 6.26. The molecule has 3 nitrogen and oxygen atoms in total. The van der Waals surface area contributed by atoms with E-state index in [-0.39, 0.29) is 5.41 Å². The number of halogens is 2. The molecule has 1 aliphatic rings. The summed E-state index contributed by atoms with van der Waals surface area (Å²) in [6.07, 6.45) is 3.53. The average molecular weight is 427 g/mol. The Morgan fingerprint density at radius 3 is 2.45 bits per heavy atom. The number of nitrogens with one attached hydrogen (secondary N) is 1. The van der Waals surface area contributed by atoms with Gasteiger partial charge in [0, 0.05) is 36.3 Å². The summed E-state index contributed by atoms with van der Waals surface area (Å²) in [6.45, 7) is 2.51. The lowest BCUT2D eigenvalue weighted by molar-refractivity contribution is 0.187. The molecular formula is C24H24Cl2N2O. The molecule has 1 fully saturated rings. The Labute approximate surface area is 182 Å². The Morgan fingerprint density at radius 2 is 1.72 bits per heavy atom. The number of aromatic nitrogens is 1. The van der Waals surface area contributed by atoms with Crippen LogP contribution in [0.1, 0.15) is 23.5 Å². The first-order chi connectivity index (χ1) is 14.1. The van der Waals surface area contributed by atoms with E-state index in [0.29, 0.717) is 23.4 Å². The molecule has 3 aromatic rings. The first-order valence-corrected chi connectivity index (χ1v) is 10.6. The summed E-state index contributed by atoms with van der Waals surface area (Å²) < 4.78 is 5.97. The highest BCUT2D eigenvalue weighted by Gasteiger charge is 2.43. The van der Waals surface area contributed by atoms with Crippen LogP contribution in [0.3, 0.4) is 0 Å². The minimum absolute atomic E-state index is 0.0572. The normalized spacial score (nSPS) is 21.2. The van der Waals surface area contributed by atoms with Crippen molar-refractivity contribution >= 4 is 23.2 Å². The fraction of sp³-hybridized carbons (Fsp3) is 0.292. The molecule has 5 heteroatoms. The number of nitrogens with zero attached hydrogens (tertiary/aromatic N) is 1. The van der Waals surface area contributed by atoms with Crippen LogP contribution in [-0.2, 0) is 6.42 Å². The van der Waals surface area contributed by atoms with Crippen molar-refractivity contribution in [2.45, 2.75) is 18.8 Å². The highest BCUT2D eigenvalue weighted by Crippen LogP contribution is 2.45. The third kappa shape index (κ3) is 4.92. The van der Waals surface area contributed by atoms with Gasteiger partial charge in [-0.25, -0.2) is 4.98 Å². The quantitative estimate of drug-likeness (QED) is 0.520. The Kier molecular flexibility index (Phi) is 6.39. The molecule has 29 heavy (non-hydrogen) atoms. The second-order valence-corrected chi connectivity index (χ2v) is 8.55. The number of ether oxygens (including phenoxy) is 1. The van der Waals surface area contributed by atoms with Crippen molar-refractivity contribution in [2.24, 2.45) is 5.41 Å². The predicted octanol–water partition coefficient (Wildman–Crippen LogP) is 5.77. The molecule has 0 unspecified atom stereocenters. The van der Waals surface area contributed by atoms with E-state index in [1.165, 1.54) is 11.1 Å². The molecule has 2 atom stereocenters. The van der Waals surface area contributed by atoms with E-state index < -0.39 is 0 Å². The summed E-state index contributed by atoms with van der Waals surface area (Å²) >= 11 is 12.1. The van der Waals surface area contributed by atoms with Crippen LogP contribution in [0.2, 0.25) is 10.0 Å². The van der Waals surface area contributed by atoms with Crippen molar-refractivity contribution < 1.29 is 4.74 Å². The fourth-order valence-electron chi connectivity index (χ4n) is 4.32. The van der Waals surface area contributed by atoms with E-state index in [4.69, 9.17) is 27.9 Å². The lowest BCUT2D eigenvalue weighted by Gasteiger charge is -2.35. The lowest BCUT2D eigenvalue weighted by atomic mass is 9.69. The van der Waals surface area contributed by atoms with Gasteiger partial charge >= 0.3 is 0 Å². The lowest BCUT2D eigenvalue weighted by Crippen LogP contribution is -2.33. The van der Waals surface area contributed by atoms with Gasteiger partial charge in [-0.2, -0.15) is 0 Å². The van der Waals surface area contributed by atoms with Gasteiger partial charge in [0.15, 0.2) is 0 Å². The fourth-order valence-corrected chi connectivity index (χ4v) is 4.56. The van der Waals surface area contributed by atoms with Crippen molar-refractivity contribution in [3.63, 3.8) is 0 Å². The number of rotatable bonds is 7. The van der Waals surface area contributed by atoms with Crippen molar-refractivity contribution in [3.8, 4) is 5.88 Å². The number of hydrogen-bond donors (Lipinski definition) is 1. The molecule has 0 bridgehead atoms. The number of hydrogen-bond acceptors (Lipinski definition) is 3. The largest absolute Gasteiger partial charge is 0.478 e. The average Bonchev–Trinajstić information content (AvgIpc) is 3.14. The van der Waals surface area contributed by atoms with Gasteiger partial charge in [-0.3, -0.25) is 0 Å². The smallest absolute Gasteiger partial charge is 0.213 e. The van der Waals surface area contributed by atoms with Crippen molar-refractivity contribution in [1.29, 1.82) is 0 Å². The maximum atomic E-state index is 6.13. The summed E-state index contributed by atoms with van der Waals surface area (Å²) in [5.74, 6) is 1.00. The molecule has 1 aliphatic heterocycles. The highest BCUT2D eigenvalue weighted by atomic mass is 35.5. The van der Waals surface area contributed by atoms with E-state index in [9.17, 15) is 0 Å². The molecule has 0 amide bonds. The summed E-state index contributed by atoms with van der Waals surface area (Å²) in [4.78, 5) is 4.25. The van der Waals surface area contributed by atoms with Gasteiger partial charge in [-0.05, 0) is 47.6 Å². The maximum absolute atomic E-state index is 6.13. The molecule has 150 valence electrons. The van der Waals surface area contributed by atoms with E-state index in [1.54, 1.807) is 12.3 Å². The molecule has 4 rings (SSSR count). The van der Waals surface area contributed by atoms with Crippen LogP contribution in [0.5, 0.6) is 5.88 Å². The molecule has 1 saturated heterocycles. The third-order valence-electron chi connectivity index (χ3n) is 5.79. The highest BCUT2D eigenvalue weighted by molar-refractivity contribution is 6.30. The maximum Gasteiger partial charge on any atom is 0.213 e. The molecule has 0 spiro atoms. The topological polar surface area (TPSA) is 34.1 Å². The van der Waals surface area contributed by atoms with E-state index >= 15 is 0 Å². The standard InChI is InChI=1S/C24H24Cl2N2O/c25-20-8-6-19(7-9-20)22-16-27-17-24(22,14-18-4-2-1-3-5-18)12-13-29-23-11-10-21(26)15-28-23/h1-11,15,22,27H,12-14,16-17H2/t22-,24+/m0/s1. The Hall–Kier alpha value is -2.07. The van der Waals surface area contributed by atoms with Crippen LogP contribution in [0.15, 0.2) is 72.9 Å². The van der Waals surface area contributed by atoms with Crippen molar-refractivity contribution in [1.82, 2.24) is 10.3 Å². The van der Waals surface area contributed by atoms with Gasteiger partial charge in [0.05, 0.1) is 11.6 Å². The molecule has 0 radical (unpaired) electrons. The Bertz CT molecular complexity index is 916. The minimum atomic E-state index is 0.0572. The van der Waals surface area contributed by atoms with Crippen molar-refractivity contribution in [2.75, 3.05) is 19.7 Å². The van der Waals surface area contributed by atoms with Gasteiger partial charge in [0.25, 0.3) is 0 Å². The molecular weight excluding hydrogens is 403 g/mol. The molecule has 0 saturated carbocycles. The molecule has 1 N–H and O–H groups in total. The first kappa shape index (κ1) is 20.2. The van der Waals surface area contributed by atoms with Gasteiger partial charge in [-0.1, -0.05) is 65.7 Å². The van der Waals surface area contributed by atoms with E-state index in [2.05, 4.69) is 52.8 Å². The van der Waals surface area contributed by atoms with Crippen LogP contribution in [0.4, 0.5) is 0 Å². The molecule has 1 aromatic heterocycles. The van der Waals surface area contributed by atoms with Crippen molar-refractivity contribution in [3.05, 3.63) is 94.1 Å². The summed E-state index contributed by atoms with van der Waals surface area (Å²) in [6, 6.07) is 22.6. The SMILES string of the molecule is Clc1ccc([C@@H]2CNC[C@@]2(CCOc2ccc(Cl)cn2)Cc2ccccc2)cc1. The van der Waals surface area contributed by atoms with Gasteiger partial charge in [-0.15, -0.1) is 0 Å². The summed E-state index contributed by atoms with van der Waals surface area (Å²) in [5.41, 5.74) is 2.72. The van der Waals surface area contributed by atoms with Crippen LogP contribution in [0, 0.1) is 5.41 Å². The Morgan fingerprint density at radius 1 is 0.966 bits per heavy atom. The molecule has 2 heterocycles. The zero-order chi connectivity index (χ0) is 20.1. The Balaban J connectivity index is 1.56.